The lowest BCUT2D eigenvalue weighted by Crippen LogP contribution is -2.26. The molecule has 2 aromatic rings. The van der Waals surface area contributed by atoms with Crippen LogP contribution >= 0.6 is 0 Å². The van der Waals surface area contributed by atoms with Crippen molar-refractivity contribution in [1.29, 1.82) is 0 Å². The molecule has 0 atom stereocenters. The van der Waals surface area contributed by atoms with Gasteiger partial charge in [0.25, 0.3) is 5.91 Å². The summed E-state index contributed by atoms with van der Waals surface area (Å²) in [6.07, 6.45) is 7.97. The zero-order chi connectivity index (χ0) is 14.8. The van der Waals surface area contributed by atoms with E-state index in [-0.39, 0.29) is 5.91 Å². The highest BCUT2D eigenvalue weighted by Crippen LogP contribution is 2.33. The number of imidazole rings is 1. The predicted molar refractivity (Wildman–Crippen MR) is 81.4 cm³/mol. The number of aryl methyl sites for hydroxylation is 2. The number of unbranched alkanes of at least 4 members (excludes halogenated alkanes) is 1. The van der Waals surface area contributed by atoms with Crippen LogP contribution in [-0.2, 0) is 0 Å². The molecule has 1 fully saturated rings. The summed E-state index contributed by atoms with van der Waals surface area (Å²) in [7, 11) is 0. The summed E-state index contributed by atoms with van der Waals surface area (Å²) in [5.41, 5.74) is 3.18. The van der Waals surface area contributed by atoms with Crippen LogP contribution in [0, 0.1) is 19.8 Å². The van der Waals surface area contributed by atoms with Crippen LogP contribution in [0.25, 0.3) is 5.65 Å². The van der Waals surface area contributed by atoms with Crippen LogP contribution < -0.4 is 5.32 Å². The van der Waals surface area contributed by atoms with Crippen LogP contribution in [0.4, 0.5) is 0 Å². The number of fused-ring (bicyclic) bond motifs is 1. The second-order valence-electron chi connectivity index (χ2n) is 6.04. The molecule has 1 aliphatic carbocycles. The number of carbonyl (C=O) groups is 1. The number of hydrogen-bond acceptors (Lipinski definition) is 3. The Labute approximate surface area is 124 Å². The van der Waals surface area contributed by atoms with E-state index in [1.54, 1.807) is 10.7 Å². The molecule has 0 saturated heterocycles. The molecule has 21 heavy (non-hydrogen) atoms. The molecule has 0 aromatic carbocycles. The second kappa shape index (κ2) is 5.84. The normalized spacial score (nSPS) is 14.6. The highest BCUT2D eigenvalue weighted by molar-refractivity contribution is 5.93. The minimum Gasteiger partial charge on any atom is -0.351 e. The maximum atomic E-state index is 12.2. The summed E-state index contributed by atoms with van der Waals surface area (Å²) in [5, 5.41) is 7.36. The van der Waals surface area contributed by atoms with E-state index < -0.39 is 0 Å². The van der Waals surface area contributed by atoms with Crippen molar-refractivity contribution in [3.05, 3.63) is 29.2 Å². The first kappa shape index (κ1) is 14.0. The Morgan fingerprint density at radius 2 is 2.19 bits per heavy atom. The standard InChI is InChI=1S/C16H22N4O/c1-11-9-12(2)19-20-14(10-18-15(11)20)16(21)17-8-4-3-5-13-6-7-13/h9-10,13H,3-8H2,1-2H3,(H,17,21). The summed E-state index contributed by atoms with van der Waals surface area (Å²) in [4.78, 5) is 16.5. The molecular formula is C16H22N4O. The van der Waals surface area contributed by atoms with Crippen LogP contribution in [0.1, 0.15) is 53.8 Å². The van der Waals surface area contributed by atoms with Gasteiger partial charge >= 0.3 is 0 Å². The van der Waals surface area contributed by atoms with Gasteiger partial charge in [0.2, 0.25) is 0 Å². The summed E-state index contributed by atoms with van der Waals surface area (Å²) < 4.78 is 1.64. The van der Waals surface area contributed by atoms with Crippen molar-refractivity contribution in [3.63, 3.8) is 0 Å². The Balaban J connectivity index is 1.61. The van der Waals surface area contributed by atoms with Gasteiger partial charge in [-0.3, -0.25) is 4.79 Å². The number of aromatic nitrogens is 3. The predicted octanol–water partition coefficient (Wildman–Crippen LogP) is 2.66. The van der Waals surface area contributed by atoms with Gasteiger partial charge in [-0.25, -0.2) is 9.50 Å². The van der Waals surface area contributed by atoms with Crippen molar-refractivity contribution in [2.24, 2.45) is 5.92 Å². The molecule has 5 nitrogen and oxygen atoms in total. The van der Waals surface area contributed by atoms with Gasteiger partial charge in [0.05, 0.1) is 11.9 Å². The van der Waals surface area contributed by atoms with Gasteiger partial charge in [-0.1, -0.05) is 25.7 Å². The molecule has 1 amide bonds. The van der Waals surface area contributed by atoms with E-state index in [0.29, 0.717) is 5.69 Å². The van der Waals surface area contributed by atoms with E-state index in [9.17, 15) is 4.79 Å². The molecule has 112 valence electrons. The molecule has 2 heterocycles. The summed E-state index contributed by atoms with van der Waals surface area (Å²) >= 11 is 0. The first-order valence-corrected chi connectivity index (χ1v) is 7.75. The van der Waals surface area contributed by atoms with Gasteiger partial charge < -0.3 is 5.32 Å². The van der Waals surface area contributed by atoms with Gasteiger partial charge in [0, 0.05) is 6.54 Å². The van der Waals surface area contributed by atoms with Crippen molar-refractivity contribution >= 4 is 11.6 Å². The minimum atomic E-state index is -0.0913. The zero-order valence-corrected chi connectivity index (χ0v) is 12.7. The van der Waals surface area contributed by atoms with Crippen molar-refractivity contribution in [3.8, 4) is 0 Å². The Morgan fingerprint density at radius 3 is 2.95 bits per heavy atom. The number of hydrogen-bond donors (Lipinski definition) is 1. The molecule has 3 rings (SSSR count). The number of amides is 1. The molecule has 1 aliphatic rings. The fourth-order valence-electron chi connectivity index (χ4n) is 2.69. The van der Waals surface area contributed by atoms with Crippen LogP contribution in [0.5, 0.6) is 0 Å². The minimum absolute atomic E-state index is 0.0913. The summed E-state index contributed by atoms with van der Waals surface area (Å²) in [6, 6.07) is 1.97. The Bertz CT molecular complexity index is 658. The van der Waals surface area contributed by atoms with E-state index in [0.717, 1.165) is 35.8 Å². The number of nitrogens with one attached hydrogen (secondary N) is 1. The fraction of sp³-hybridized carbons (Fsp3) is 0.562. The van der Waals surface area contributed by atoms with Gasteiger partial charge in [0.15, 0.2) is 5.65 Å². The monoisotopic (exact) mass is 286 g/mol. The first-order chi connectivity index (χ1) is 10.1. The highest BCUT2D eigenvalue weighted by atomic mass is 16.2. The lowest BCUT2D eigenvalue weighted by atomic mass is 10.2. The maximum Gasteiger partial charge on any atom is 0.271 e. The van der Waals surface area contributed by atoms with E-state index >= 15 is 0 Å². The van der Waals surface area contributed by atoms with Crippen LogP contribution in [0.15, 0.2) is 12.3 Å². The summed E-state index contributed by atoms with van der Waals surface area (Å²) in [6.45, 7) is 4.63. The molecule has 1 saturated carbocycles. The Kier molecular flexibility index (Phi) is 3.90. The van der Waals surface area contributed by atoms with Crippen LogP contribution in [-0.4, -0.2) is 27.0 Å². The summed E-state index contributed by atoms with van der Waals surface area (Å²) in [5.74, 6) is 0.876. The van der Waals surface area contributed by atoms with Crippen LogP contribution in [0.3, 0.4) is 0 Å². The second-order valence-corrected chi connectivity index (χ2v) is 6.04. The molecule has 2 aromatic heterocycles. The van der Waals surface area contributed by atoms with Crippen molar-refractivity contribution in [2.45, 2.75) is 46.0 Å². The van der Waals surface area contributed by atoms with E-state index in [1.165, 1.54) is 25.7 Å². The smallest absolute Gasteiger partial charge is 0.271 e. The highest BCUT2D eigenvalue weighted by Gasteiger charge is 2.20. The Hall–Kier alpha value is -1.91. The first-order valence-electron chi connectivity index (χ1n) is 7.75. The third-order valence-corrected chi connectivity index (χ3v) is 4.03. The van der Waals surface area contributed by atoms with Gasteiger partial charge in [-0.05, 0) is 37.8 Å². The zero-order valence-electron chi connectivity index (χ0n) is 12.7. The molecule has 0 unspecified atom stereocenters. The number of nitrogens with zero attached hydrogens (tertiary/aromatic N) is 3. The Morgan fingerprint density at radius 1 is 1.38 bits per heavy atom. The largest absolute Gasteiger partial charge is 0.351 e. The molecule has 0 aliphatic heterocycles. The van der Waals surface area contributed by atoms with Crippen LogP contribution in [0.2, 0.25) is 0 Å². The van der Waals surface area contributed by atoms with Gasteiger partial charge in [-0.15, -0.1) is 0 Å². The molecule has 5 heteroatoms. The van der Waals surface area contributed by atoms with Crippen molar-refractivity contribution in [2.75, 3.05) is 6.54 Å². The quantitative estimate of drug-likeness (QED) is 0.831. The van der Waals surface area contributed by atoms with E-state index in [1.807, 2.05) is 19.9 Å². The SMILES string of the molecule is Cc1cc(C)c2ncc(C(=O)NCCCCC3CC3)n2n1. The third kappa shape index (κ3) is 3.23. The average Bonchev–Trinajstić information content (AvgIpc) is 3.16. The fourth-order valence-corrected chi connectivity index (χ4v) is 2.69. The number of rotatable bonds is 6. The molecule has 0 spiro atoms. The molecule has 1 N–H and O–H groups in total. The van der Waals surface area contributed by atoms with E-state index in [4.69, 9.17) is 0 Å². The lowest BCUT2D eigenvalue weighted by Gasteiger charge is -2.05. The average molecular weight is 286 g/mol. The number of carbonyl (C=O) groups excluding carboxylic acids is 1. The van der Waals surface area contributed by atoms with Crippen molar-refractivity contribution in [1.82, 2.24) is 19.9 Å². The molecule has 0 radical (unpaired) electrons. The van der Waals surface area contributed by atoms with E-state index in [2.05, 4.69) is 15.4 Å². The lowest BCUT2D eigenvalue weighted by molar-refractivity contribution is 0.0946. The van der Waals surface area contributed by atoms with Crippen molar-refractivity contribution < 1.29 is 4.79 Å². The third-order valence-electron chi connectivity index (χ3n) is 4.03. The van der Waals surface area contributed by atoms with Gasteiger partial charge in [0.1, 0.15) is 5.69 Å². The molecular weight excluding hydrogens is 264 g/mol. The topological polar surface area (TPSA) is 59.3 Å². The van der Waals surface area contributed by atoms with Gasteiger partial charge in [-0.2, -0.15) is 5.10 Å². The molecule has 0 bridgehead atoms. The maximum absolute atomic E-state index is 12.2.